The Kier molecular flexibility index (Phi) is 11.6. The first-order chi connectivity index (χ1) is 29.9. The summed E-state index contributed by atoms with van der Waals surface area (Å²) in [5, 5.41) is 26.9. The number of aromatic nitrogens is 5. The van der Waals surface area contributed by atoms with Crippen LogP contribution in [0.2, 0.25) is 0 Å². The topological polar surface area (TPSA) is 196 Å². The van der Waals surface area contributed by atoms with Crippen molar-refractivity contribution in [3.63, 3.8) is 0 Å². The van der Waals surface area contributed by atoms with Gasteiger partial charge >= 0.3 is 0 Å². The number of nitrogens with one attached hydrogen (secondary N) is 3. The smallest absolute Gasteiger partial charge is 0.284 e. The standard InChI is InChI=1S/C44H52F2N10O6/c1-53(27-13-9-26(10-14-27)48-33-4-2-3-30-37(33)44(62)56(43(30)61)35-17-18-36(58)51-42(35)60)22-24-5-11-28(12-6-24)55-23-34(38(52-55)39(45)46)50-41(59)31-21-47-54-20-19-32(49-40(31)54)25-7-15-29(57)16-8-25/h2-4,19-21,23-29,35,39,48,57H,5-18,22H2,1H3,(H,50,59)(H,51,58,60)/t24?,25?,26-,27-,28?,29?,35?. The number of alkyl halides is 2. The second-order valence-electron chi connectivity index (χ2n) is 17.8. The normalized spacial score (nSPS) is 26.9. The van der Waals surface area contributed by atoms with Gasteiger partial charge in [-0.15, -0.1) is 0 Å². The first kappa shape index (κ1) is 41.7. The molecule has 4 fully saturated rings. The van der Waals surface area contributed by atoms with Crippen LogP contribution in [0.4, 0.5) is 20.2 Å². The van der Waals surface area contributed by atoms with Crippen LogP contribution < -0.4 is 16.0 Å². The summed E-state index contributed by atoms with van der Waals surface area (Å²) < 4.78 is 31.7. The van der Waals surface area contributed by atoms with Gasteiger partial charge in [0.1, 0.15) is 11.6 Å². The van der Waals surface area contributed by atoms with Crippen LogP contribution in [0.15, 0.2) is 42.9 Å². The van der Waals surface area contributed by atoms with E-state index in [0.717, 1.165) is 81.3 Å². The lowest BCUT2D eigenvalue weighted by molar-refractivity contribution is -0.136. The van der Waals surface area contributed by atoms with E-state index in [-0.39, 0.29) is 59.3 Å². The molecule has 16 nitrogen and oxygen atoms in total. The molecule has 0 spiro atoms. The summed E-state index contributed by atoms with van der Waals surface area (Å²) in [4.78, 5) is 72.8. The number of benzene rings is 1. The van der Waals surface area contributed by atoms with Gasteiger partial charge in [-0.2, -0.15) is 10.2 Å². The van der Waals surface area contributed by atoms with Crippen LogP contribution in [0.3, 0.4) is 0 Å². The first-order valence-corrected chi connectivity index (χ1v) is 21.9. The van der Waals surface area contributed by atoms with E-state index in [9.17, 15) is 37.9 Å². The molecular weight excluding hydrogens is 803 g/mol. The number of imide groups is 2. The molecule has 5 aliphatic rings. The van der Waals surface area contributed by atoms with E-state index in [1.165, 1.54) is 16.9 Å². The van der Waals surface area contributed by atoms with E-state index >= 15 is 0 Å². The third-order valence-electron chi connectivity index (χ3n) is 13.9. The number of fused-ring (bicyclic) bond motifs is 2. The number of carbonyl (C=O) groups is 5. The number of halogens is 2. The van der Waals surface area contributed by atoms with Gasteiger partial charge in [-0.25, -0.2) is 18.3 Å². The van der Waals surface area contributed by atoms with Crippen molar-refractivity contribution < 1.29 is 37.9 Å². The highest BCUT2D eigenvalue weighted by Gasteiger charge is 2.46. The summed E-state index contributed by atoms with van der Waals surface area (Å²) in [5.74, 6) is -2.09. The fraction of sp³-hybridized carbons (Fsp3) is 0.545. The lowest BCUT2D eigenvalue weighted by Crippen LogP contribution is -2.54. The number of anilines is 2. The van der Waals surface area contributed by atoms with E-state index in [2.05, 4.69) is 38.1 Å². The third kappa shape index (κ3) is 8.21. The van der Waals surface area contributed by atoms with Crippen molar-refractivity contribution in [1.29, 1.82) is 0 Å². The second kappa shape index (κ2) is 17.3. The van der Waals surface area contributed by atoms with Crippen LogP contribution in [-0.4, -0.2) is 107 Å². The van der Waals surface area contributed by atoms with Gasteiger partial charge in [0.25, 0.3) is 24.1 Å². The number of hydrogen-bond acceptors (Lipinski definition) is 11. The minimum atomic E-state index is -2.88. The summed E-state index contributed by atoms with van der Waals surface area (Å²) in [6.07, 6.45) is 11.6. The molecule has 3 saturated carbocycles. The molecule has 2 aliphatic heterocycles. The molecule has 9 rings (SSSR count). The Morgan fingerprint density at radius 3 is 2.42 bits per heavy atom. The maximum Gasteiger partial charge on any atom is 0.284 e. The van der Waals surface area contributed by atoms with Crippen LogP contribution in [0.1, 0.15) is 151 Å². The molecule has 328 valence electrons. The minimum absolute atomic E-state index is 0.0281. The van der Waals surface area contributed by atoms with Gasteiger partial charge < -0.3 is 20.6 Å². The van der Waals surface area contributed by atoms with E-state index < -0.39 is 47.7 Å². The van der Waals surface area contributed by atoms with Crippen LogP contribution in [-0.2, 0) is 9.59 Å². The fourth-order valence-electron chi connectivity index (χ4n) is 10.3. The number of carbonyl (C=O) groups excluding carboxylic acids is 5. The summed E-state index contributed by atoms with van der Waals surface area (Å²) >= 11 is 0. The van der Waals surface area contributed by atoms with Gasteiger partial charge in [0.05, 0.1) is 35.2 Å². The molecule has 1 aromatic carbocycles. The highest BCUT2D eigenvalue weighted by atomic mass is 19.3. The zero-order valence-corrected chi connectivity index (χ0v) is 34.6. The quantitative estimate of drug-likeness (QED) is 0.137. The second-order valence-corrected chi connectivity index (χ2v) is 17.8. The van der Waals surface area contributed by atoms with Crippen LogP contribution >= 0.6 is 0 Å². The molecular formula is C44H52F2N10O6. The van der Waals surface area contributed by atoms with Crippen molar-refractivity contribution in [2.45, 2.75) is 133 Å². The third-order valence-corrected chi connectivity index (χ3v) is 13.9. The number of nitrogens with zero attached hydrogens (tertiary/aromatic N) is 7. The minimum Gasteiger partial charge on any atom is -0.393 e. The van der Waals surface area contributed by atoms with Crippen molar-refractivity contribution in [1.82, 2.24) is 39.5 Å². The average molecular weight is 855 g/mol. The van der Waals surface area contributed by atoms with E-state index in [1.54, 1.807) is 29.1 Å². The van der Waals surface area contributed by atoms with Crippen molar-refractivity contribution in [2.24, 2.45) is 5.92 Å². The van der Waals surface area contributed by atoms with Crippen molar-refractivity contribution in [2.75, 3.05) is 24.2 Å². The van der Waals surface area contributed by atoms with Crippen LogP contribution in [0, 0.1) is 5.92 Å². The average Bonchev–Trinajstić information content (AvgIpc) is 3.96. The van der Waals surface area contributed by atoms with Crippen molar-refractivity contribution >= 4 is 46.6 Å². The summed E-state index contributed by atoms with van der Waals surface area (Å²) in [7, 11) is 2.15. The summed E-state index contributed by atoms with van der Waals surface area (Å²) in [6.45, 7) is 0.912. The Labute approximate surface area is 356 Å². The van der Waals surface area contributed by atoms with Gasteiger partial charge in [0, 0.05) is 54.7 Å². The van der Waals surface area contributed by atoms with Crippen molar-refractivity contribution in [3.8, 4) is 0 Å². The number of piperidine rings is 1. The van der Waals surface area contributed by atoms with Gasteiger partial charge in [-0.1, -0.05) is 6.07 Å². The Balaban J connectivity index is 0.766. The molecule has 0 bridgehead atoms. The first-order valence-electron chi connectivity index (χ1n) is 21.9. The molecule has 1 atom stereocenters. The zero-order chi connectivity index (χ0) is 43.2. The zero-order valence-electron chi connectivity index (χ0n) is 34.6. The van der Waals surface area contributed by atoms with Crippen LogP contribution in [0.5, 0.6) is 0 Å². The molecule has 1 unspecified atom stereocenters. The molecule has 62 heavy (non-hydrogen) atoms. The molecule has 5 heterocycles. The Morgan fingerprint density at radius 1 is 0.935 bits per heavy atom. The predicted octanol–water partition coefficient (Wildman–Crippen LogP) is 5.62. The Morgan fingerprint density at radius 2 is 1.69 bits per heavy atom. The van der Waals surface area contributed by atoms with Gasteiger partial charge in [-0.3, -0.25) is 38.9 Å². The van der Waals surface area contributed by atoms with E-state index in [4.69, 9.17) is 4.98 Å². The van der Waals surface area contributed by atoms with Crippen molar-refractivity contribution in [3.05, 3.63) is 70.9 Å². The SMILES string of the molecule is CN(CC1CCC(n2cc(NC(=O)c3cnn4ccc(C5CCC(O)CC5)nc34)c(C(F)F)n2)CC1)[C@H]1CC[C@H](Nc2cccc3c2C(=O)N(C2CCC(=O)NC2=O)C3=O)CC1. The molecule has 3 aliphatic carbocycles. The largest absolute Gasteiger partial charge is 0.393 e. The molecule has 4 N–H and O–H groups in total. The molecule has 18 heteroatoms. The summed E-state index contributed by atoms with van der Waals surface area (Å²) in [6, 6.07) is 6.39. The molecule has 5 amide bonds. The maximum absolute atomic E-state index is 14.3. The molecule has 4 aromatic rings. The van der Waals surface area contributed by atoms with E-state index in [0.29, 0.717) is 36.1 Å². The number of rotatable bonds is 11. The molecule has 3 aromatic heterocycles. The van der Waals surface area contributed by atoms with E-state index in [1.807, 2.05) is 6.07 Å². The number of amides is 5. The molecule has 0 radical (unpaired) electrons. The van der Waals surface area contributed by atoms with Gasteiger partial charge in [0.15, 0.2) is 11.3 Å². The van der Waals surface area contributed by atoms with Crippen LogP contribution in [0.25, 0.3) is 5.65 Å². The lowest BCUT2D eigenvalue weighted by Gasteiger charge is -2.38. The number of hydrogen-bond donors (Lipinski definition) is 4. The van der Waals surface area contributed by atoms with Gasteiger partial charge in [-0.05, 0) is 115 Å². The highest BCUT2D eigenvalue weighted by Crippen LogP contribution is 2.38. The Bertz CT molecular complexity index is 2380. The molecule has 1 saturated heterocycles. The number of aliphatic hydroxyl groups is 1. The number of aliphatic hydroxyl groups excluding tert-OH is 1. The summed E-state index contributed by atoms with van der Waals surface area (Å²) in [5.41, 5.74) is 1.95. The maximum atomic E-state index is 14.3. The Hall–Kier alpha value is -5.62. The monoisotopic (exact) mass is 854 g/mol. The fourth-order valence-corrected chi connectivity index (χ4v) is 10.3. The van der Waals surface area contributed by atoms with Gasteiger partial charge in [0.2, 0.25) is 11.8 Å². The highest BCUT2D eigenvalue weighted by molar-refractivity contribution is 6.25. The lowest BCUT2D eigenvalue weighted by atomic mass is 9.84. The predicted molar refractivity (Wildman–Crippen MR) is 222 cm³/mol.